The molecule has 28 heavy (non-hydrogen) atoms. The largest absolute Gasteiger partial charge is 0.360 e. The van der Waals surface area contributed by atoms with Crippen molar-refractivity contribution in [1.29, 1.82) is 0 Å². The molecule has 0 amide bonds. The lowest BCUT2D eigenvalue weighted by atomic mass is 9.75. The molecule has 150 valence electrons. The molecule has 1 aliphatic rings. The van der Waals surface area contributed by atoms with Crippen LogP contribution in [0.15, 0.2) is 36.4 Å². The maximum absolute atomic E-state index is 12.7. The van der Waals surface area contributed by atoms with E-state index in [1.165, 1.54) is 21.9 Å². The molecule has 0 radical (unpaired) electrons. The number of carbonyl (C=O) groups is 1. The molecule has 2 aromatic carbocycles. The number of Topliss-reactive ketones (excluding diaryl/α,β-unsaturated/α-hetero) is 1. The fourth-order valence-corrected chi connectivity index (χ4v) is 4.19. The van der Waals surface area contributed by atoms with Crippen LogP contribution in [-0.4, -0.2) is 11.4 Å². The second-order valence-electron chi connectivity index (χ2n) is 10.0. The molecule has 0 unspecified atom stereocenters. The quantitative estimate of drug-likeness (QED) is 0.563. The Morgan fingerprint density at radius 1 is 1.18 bits per heavy atom. The lowest BCUT2D eigenvalue weighted by Gasteiger charge is -2.33. The maximum atomic E-state index is 12.7. The molecule has 1 atom stereocenters. The van der Waals surface area contributed by atoms with Gasteiger partial charge in [0.05, 0.1) is 5.60 Å². The van der Waals surface area contributed by atoms with E-state index in [0.29, 0.717) is 5.41 Å². The Bertz CT molecular complexity index is 925. The van der Waals surface area contributed by atoms with Crippen LogP contribution in [0.1, 0.15) is 83.6 Å². The minimum Gasteiger partial charge on any atom is -0.360 e. The third-order valence-corrected chi connectivity index (χ3v) is 5.69. The molecule has 2 nitrogen and oxygen atoms in total. The summed E-state index contributed by atoms with van der Waals surface area (Å²) in [5, 5.41) is 2.44. The Morgan fingerprint density at radius 3 is 2.43 bits per heavy atom. The van der Waals surface area contributed by atoms with E-state index in [-0.39, 0.29) is 5.78 Å². The molecule has 0 aliphatic heterocycles. The van der Waals surface area contributed by atoms with Gasteiger partial charge >= 0.3 is 0 Å². The van der Waals surface area contributed by atoms with Crippen molar-refractivity contribution in [3.63, 3.8) is 0 Å². The molecule has 0 saturated heterocycles. The number of ketones is 1. The molecular weight excluding hydrogens is 344 g/mol. The maximum Gasteiger partial charge on any atom is 0.163 e. The first-order valence-corrected chi connectivity index (χ1v) is 10.4. The number of fused-ring (bicyclic) bond motifs is 1. The minimum atomic E-state index is -0.546. The normalized spacial score (nSPS) is 18.0. The van der Waals surface area contributed by atoms with E-state index in [2.05, 4.69) is 57.2 Å². The van der Waals surface area contributed by atoms with Crippen LogP contribution in [0.25, 0.3) is 16.3 Å². The monoisotopic (exact) mass is 378 g/mol. The smallest absolute Gasteiger partial charge is 0.163 e. The lowest BCUT2D eigenvalue weighted by Crippen LogP contribution is -2.28. The zero-order valence-electron chi connectivity index (χ0n) is 18.5. The van der Waals surface area contributed by atoms with Gasteiger partial charge in [-0.1, -0.05) is 50.3 Å². The van der Waals surface area contributed by atoms with Crippen molar-refractivity contribution < 1.29 is 9.53 Å². The zero-order chi connectivity index (χ0) is 20.7. The number of allylic oxidation sites excluding steroid dienone is 2. The van der Waals surface area contributed by atoms with Gasteiger partial charge in [0.15, 0.2) is 5.78 Å². The molecule has 0 heterocycles. The minimum absolute atomic E-state index is 0.0614. The van der Waals surface area contributed by atoms with Gasteiger partial charge < -0.3 is 4.74 Å². The van der Waals surface area contributed by atoms with E-state index in [4.69, 9.17) is 4.74 Å². The summed E-state index contributed by atoms with van der Waals surface area (Å²) in [6, 6.07) is 10.7. The summed E-state index contributed by atoms with van der Waals surface area (Å²) in [6.45, 7) is 14.5. The van der Waals surface area contributed by atoms with Crippen molar-refractivity contribution >= 4 is 22.1 Å². The van der Waals surface area contributed by atoms with Gasteiger partial charge in [0.2, 0.25) is 0 Å². The van der Waals surface area contributed by atoms with Gasteiger partial charge in [0.25, 0.3) is 0 Å². The number of ether oxygens (including phenoxy) is 1. The highest BCUT2D eigenvalue weighted by Crippen LogP contribution is 2.44. The summed E-state index contributed by atoms with van der Waals surface area (Å²) in [4.78, 5) is 12.7. The fourth-order valence-electron chi connectivity index (χ4n) is 4.19. The summed E-state index contributed by atoms with van der Waals surface area (Å²) in [6.07, 6.45) is 5.10. The van der Waals surface area contributed by atoms with Crippen LogP contribution in [0.2, 0.25) is 0 Å². The van der Waals surface area contributed by atoms with Crippen molar-refractivity contribution in [2.24, 2.45) is 5.41 Å². The van der Waals surface area contributed by atoms with Gasteiger partial charge in [-0.25, -0.2) is 0 Å². The van der Waals surface area contributed by atoms with Gasteiger partial charge in [-0.3, -0.25) is 4.79 Å². The van der Waals surface area contributed by atoms with Gasteiger partial charge in [-0.2, -0.15) is 0 Å². The molecule has 2 heteroatoms. The Hall–Kier alpha value is -1.93. The Labute approximate surface area is 170 Å². The summed E-state index contributed by atoms with van der Waals surface area (Å²) in [7, 11) is 0. The van der Waals surface area contributed by atoms with Gasteiger partial charge in [-0.15, -0.1) is 0 Å². The molecule has 0 fully saturated rings. The standard InChI is InChI=1S/C26H34O2/c1-17-16-20-10-8-9-11-21(20)23(19-12-14-26(6,7)15-13-19)22(17)24(18(2)27)28-25(3,4)5/h8-12,16,24H,13-15H2,1-7H3/t24-/m1/s1. The average molecular weight is 379 g/mol. The second kappa shape index (κ2) is 7.48. The Morgan fingerprint density at radius 2 is 1.86 bits per heavy atom. The fraction of sp³-hybridized carbons (Fsp3) is 0.500. The summed E-state index contributed by atoms with van der Waals surface area (Å²) in [5.41, 5.74) is 4.70. The summed E-state index contributed by atoms with van der Waals surface area (Å²) in [5.74, 6) is 0.0614. The van der Waals surface area contributed by atoms with E-state index >= 15 is 0 Å². The van der Waals surface area contributed by atoms with E-state index in [0.717, 1.165) is 30.4 Å². The number of rotatable bonds is 4. The molecule has 0 N–H and O–H groups in total. The van der Waals surface area contributed by atoms with Crippen LogP contribution in [-0.2, 0) is 9.53 Å². The number of benzene rings is 2. The number of carbonyl (C=O) groups excluding carboxylic acids is 1. The number of hydrogen-bond donors (Lipinski definition) is 0. The van der Waals surface area contributed by atoms with E-state index in [1.54, 1.807) is 6.92 Å². The van der Waals surface area contributed by atoms with Crippen LogP contribution in [0.5, 0.6) is 0 Å². The van der Waals surface area contributed by atoms with Crippen molar-refractivity contribution in [3.05, 3.63) is 53.1 Å². The highest BCUT2D eigenvalue weighted by atomic mass is 16.5. The third kappa shape index (κ3) is 4.38. The highest BCUT2D eigenvalue weighted by molar-refractivity contribution is 5.98. The molecule has 0 saturated carbocycles. The molecule has 1 aliphatic carbocycles. The first kappa shape index (κ1) is 20.8. The predicted molar refractivity (Wildman–Crippen MR) is 119 cm³/mol. The van der Waals surface area contributed by atoms with E-state index in [9.17, 15) is 4.79 Å². The first-order chi connectivity index (χ1) is 13.0. The average Bonchev–Trinajstić information content (AvgIpc) is 2.58. The molecule has 2 aromatic rings. The van der Waals surface area contributed by atoms with Crippen LogP contribution >= 0.6 is 0 Å². The predicted octanol–water partition coefficient (Wildman–Crippen LogP) is 7.19. The molecule has 3 rings (SSSR count). The molecule has 0 aromatic heterocycles. The Balaban J connectivity index is 2.28. The second-order valence-corrected chi connectivity index (χ2v) is 10.0. The van der Waals surface area contributed by atoms with Crippen LogP contribution in [0.4, 0.5) is 0 Å². The zero-order valence-corrected chi connectivity index (χ0v) is 18.5. The number of hydrogen-bond acceptors (Lipinski definition) is 2. The van der Waals surface area contributed by atoms with Crippen LogP contribution < -0.4 is 0 Å². The van der Waals surface area contributed by atoms with Gasteiger partial charge in [0.1, 0.15) is 6.10 Å². The van der Waals surface area contributed by atoms with Gasteiger partial charge in [0, 0.05) is 0 Å². The van der Waals surface area contributed by atoms with E-state index < -0.39 is 11.7 Å². The van der Waals surface area contributed by atoms with E-state index in [1.807, 2.05) is 20.8 Å². The van der Waals surface area contributed by atoms with Gasteiger partial charge in [-0.05, 0) is 92.3 Å². The van der Waals surface area contributed by atoms with Crippen molar-refractivity contribution in [1.82, 2.24) is 0 Å². The summed E-state index contributed by atoms with van der Waals surface area (Å²) < 4.78 is 6.31. The van der Waals surface area contributed by atoms with Crippen LogP contribution in [0.3, 0.4) is 0 Å². The third-order valence-electron chi connectivity index (χ3n) is 5.69. The first-order valence-electron chi connectivity index (χ1n) is 10.4. The van der Waals surface area contributed by atoms with Crippen molar-refractivity contribution in [3.8, 4) is 0 Å². The molecule has 0 bridgehead atoms. The lowest BCUT2D eigenvalue weighted by molar-refractivity contribution is -0.138. The highest BCUT2D eigenvalue weighted by Gasteiger charge is 2.31. The number of aryl methyl sites for hydroxylation is 1. The van der Waals surface area contributed by atoms with Crippen molar-refractivity contribution in [2.45, 2.75) is 79.4 Å². The topological polar surface area (TPSA) is 26.3 Å². The Kier molecular flexibility index (Phi) is 5.55. The molecular formula is C26H34O2. The van der Waals surface area contributed by atoms with Crippen molar-refractivity contribution in [2.75, 3.05) is 0 Å². The SMILES string of the molecule is CC(=O)[C@@H](OC(C)(C)C)c1c(C)cc2ccccc2c1C1=CCC(C)(C)CC1. The summed E-state index contributed by atoms with van der Waals surface area (Å²) >= 11 is 0. The van der Waals surface area contributed by atoms with Crippen LogP contribution in [0, 0.1) is 12.3 Å². The molecule has 0 spiro atoms.